The zero-order valence-electron chi connectivity index (χ0n) is 11.0. The maximum Gasteiger partial charge on any atom is 1.00 e. The molecule has 21 heavy (non-hydrogen) atoms. The van der Waals surface area contributed by atoms with E-state index in [1.165, 1.54) is 12.1 Å². The third-order valence-electron chi connectivity index (χ3n) is 2.64. The topological polar surface area (TPSA) is 115 Å². The van der Waals surface area contributed by atoms with Gasteiger partial charge >= 0.3 is 29.6 Å². The Morgan fingerprint density at radius 2 is 1.57 bits per heavy atom. The van der Waals surface area contributed by atoms with E-state index in [4.69, 9.17) is 0 Å². The van der Waals surface area contributed by atoms with Crippen molar-refractivity contribution in [2.45, 2.75) is 4.90 Å². The monoisotopic (exact) mass is 316 g/mol. The largest absolute Gasteiger partial charge is 1.00 e. The number of phenolic OH excluding ortho intramolecular Hbond substituents is 2. The predicted molar refractivity (Wildman–Crippen MR) is 67.6 cm³/mol. The van der Waals surface area contributed by atoms with Gasteiger partial charge in [0, 0.05) is 11.1 Å². The number of phenols is 2. The molecule has 0 fully saturated rings. The Hall–Kier alpha value is -1.38. The van der Waals surface area contributed by atoms with Crippen molar-refractivity contribution in [2.75, 3.05) is 0 Å². The number of rotatable bonds is 3. The van der Waals surface area contributed by atoms with Crippen LogP contribution in [0.2, 0.25) is 0 Å². The van der Waals surface area contributed by atoms with Crippen molar-refractivity contribution in [2.24, 2.45) is 0 Å². The first-order valence-corrected chi connectivity index (χ1v) is 6.84. The van der Waals surface area contributed by atoms with E-state index >= 15 is 0 Å². The van der Waals surface area contributed by atoms with Crippen molar-refractivity contribution < 1.29 is 57.5 Å². The molecule has 0 aliphatic rings. The molecule has 2 N–H and O–H groups in total. The van der Waals surface area contributed by atoms with Gasteiger partial charge in [-0.05, 0) is 12.1 Å². The van der Waals surface area contributed by atoms with Crippen LogP contribution in [0.25, 0.3) is 0 Å². The maximum absolute atomic E-state index is 12.2. The molecule has 2 aromatic rings. The number of ketones is 1. The Labute approximate surface area is 143 Å². The van der Waals surface area contributed by atoms with E-state index in [-0.39, 0.29) is 35.1 Å². The molecule has 2 aromatic carbocycles. The molecule has 0 saturated carbocycles. The summed E-state index contributed by atoms with van der Waals surface area (Å²) in [5.41, 5.74) is -0.330. The van der Waals surface area contributed by atoms with Gasteiger partial charge in [0.05, 0.1) is 0 Å². The number of benzene rings is 2. The first-order valence-electron chi connectivity index (χ1n) is 5.43. The molecule has 104 valence electrons. The van der Waals surface area contributed by atoms with Gasteiger partial charge in [-0.2, -0.15) is 0 Å². The van der Waals surface area contributed by atoms with E-state index in [0.717, 1.165) is 12.1 Å². The van der Waals surface area contributed by atoms with Crippen LogP contribution >= 0.6 is 0 Å². The Bertz CT molecular complexity index is 771. The van der Waals surface area contributed by atoms with Crippen LogP contribution in [-0.2, 0) is 10.1 Å². The first kappa shape index (κ1) is 17.7. The Morgan fingerprint density at radius 1 is 1.00 bits per heavy atom. The van der Waals surface area contributed by atoms with Gasteiger partial charge in [-0.1, -0.05) is 30.3 Å². The molecule has 8 heteroatoms. The Kier molecular flexibility index (Phi) is 5.54. The smallest absolute Gasteiger partial charge is 0.744 e. The van der Waals surface area contributed by atoms with Crippen molar-refractivity contribution in [1.29, 1.82) is 0 Å². The van der Waals surface area contributed by atoms with Crippen LogP contribution in [0, 0.1) is 0 Å². The summed E-state index contributed by atoms with van der Waals surface area (Å²) in [6, 6.07) is 9.60. The number of hydrogen-bond acceptors (Lipinski definition) is 6. The third-order valence-corrected chi connectivity index (χ3v) is 3.55. The van der Waals surface area contributed by atoms with E-state index in [0.29, 0.717) is 0 Å². The fourth-order valence-corrected chi connectivity index (χ4v) is 2.51. The van der Waals surface area contributed by atoms with Crippen molar-refractivity contribution in [3.8, 4) is 11.5 Å². The predicted octanol–water partition coefficient (Wildman–Crippen LogP) is -1.76. The summed E-state index contributed by atoms with van der Waals surface area (Å²) in [5, 5.41) is 18.8. The fourth-order valence-electron chi connectivity index (χ4n) is 1.74. The molecule has 0 heterocycles. The minimum atomic E-state index is -5.12. The number of carbonyl (C=O) groups excluding carboxylic acids is 1. The summed E-state index contributed by atoms with van der Waals surface area (Å²) in [6.07, 6.45) is 0. The van der Waals surface area contributed by atoms with Gasteiger partial charge < -0.3 is 14.8 Å². The van der Waals surface area contributed by atoms with Crippen molar-refractivity contribution in [1.82, 2.24) is 0 Å². The molecule has 0 aromatic heterocycles. The molecular weight excluding hydrogens is 307 g/mol. The molecule has 0 unspecified atom stereocenters. The van der Waals surface area contributed by atoms with Gasteiger partial charge in [0.1, 0.15) is 15.0 Å². The van der Waals surface area contributed by atoms with Crippen LogP contribution < -0.4 is 29.6 Å². The van der Waals surface area contributed by atoms with Crippen LogP contribution in [0.15, 0.2) is 47.4 Å². The van der Waals surface area contributed by atoms with Crippen LogP contribution in [0.1, 0.15) is 15.9 Å². The summed E-state index contributed by atoms with van der Waals surface area (Å²) in [6.45, 7) is 0. The van der Waals surface area contributed by atoms with E-state index in [1.54, 1.807) is 18.2 Å². The molecule has 0 amide bonds. The number of hydrogen-bond donors (Lipinski definition) is 2. The zero-order valence-corrected chi connectivity index (χ0v) is 13.8. The second kappa shape index (κ2) is 6.59. The van der Waals surface area contributed by atoms with Gasteiger partial charge in [0.15, 0.2) is 17.3 Å². The quantitative estimate of drug-likeness (QED) is 0.300. The fraction of sp³-hybridized carbons (Fsp3) is 0. The second-order valence-corrected chi connectivity index (χ2v) is 5.28. The van der Waals surface area contributed by atoms with Gasteiger partial charge in [0.2, 0.25) is 0 Å². The normalized spacial score (nSPS) is 10.7. The first-order chi connectivity index (χ1) is 9.32. The average molecular weight is 316 g/mol. The van der Waals surface area contributed by atoms with Gasteiger partial charge in [-0.25, -0.2) is 8.42 Å². The molecule has 6 nitrogen and oxygen atoms in total. The second-order valence-electron chi connectivity index (χ2n) is 3.96. The molecule has 0 bridgehead atoms. The average Bonchev–Trinajstić information content (AvgIpc) is 2.40. The number of carbonyl (C=O) groups is 1. The van der Waals surface area contributed by atoms with E-state index in [2.05, 4.69) is 0 Å². The van der Waals surface area contributed by atoms with Crippen molar-refractivity contribution >= 4 is 15.9 Å². The molecular formula is C13H9NaO6S. The summed E-state index contributed by atoms with van der Waals surface area (Å²) in [5.74, 6) is -2.65. The Balaban J connectivity index is 0.00000220. The summed E-state index contributed by atoms with van der Waals surface area (Å²) in [7, 11) is -5.12. The van der Waals surface area contributed by atoms with Gasteiger partial charge in [-0.15, -0.1) is 0 Å². The SMILES string of the molecule is O=C(c1ccccc1)c1ccc(O)c(O)c1S(=O)(=O)[O-].[Na+]. The van der Waals surface area contributed by atoms with Crippen LogP contribution in [0.3, 0.4) is 0 Å². The molecule has 0 saturated heterocycles. The molecule has 0 radical (unpaired) electrons. The molecule has 0 spiro atoms. The van der Waals surface area contributed by atoms with E-state index in [1.807, 2.05) is 0 Å². The van der Waals surface area contributed by atoms with Crippen LogP contribution in [0.4, 0.5) is 0 Å². The van der Waals surface area contributed by atoms with E-state index in [9.17, 15) is 28.0 Å². The standard InChI is InChI=1S/C13H10O6S.Na/c14-10-7-6-9(13(12(10)16)20(17,18)19)11(15)8-4-2-1-3-5-8;/h1-7,14,16H,(H,17,18,19);/q;+1/p-1. The van der Waals surface area contributed by atoms with Gasteiger partial charge in [-0.3, -0.25) is 4.79 Å². The minimum Gasteiger partial charge on any atom is -0.744 e. The third kappa shape index (κ3) is 3.63. The summed E-state index contributed by atoms with van der Waals surface area (Å²) >= 11 is 0. The van der Waals surface area contributed by atoms with Crippen molar-refractivity contribution in [3.05, 3.63) is 53.6 Å². The Morgan fingerprint density at radius 3 is 2.10 bits per heavy atom. The van der Waals surface area contributed by atoms with Crippen molar-refractivity contribution in [3.63, 3.8) is 0 Å². The van der Waals surface area contributed by atoms with E-state index < -0.39 is 37.9 Å². The summed E-state index contributed by atoms with van der Waals surface area (Å²) in [4.78, 5) is 11.1. The zero-order chi connectivity index (χ0) is 14.9. The van der Waals surface area contributed by atoms with Crippen LogP contribution in [-0.4, -0.2) is 29.0 Å². The minimum absolute atomic E-state index is 0. The van der Waals surface area contributed by atoms with Gasteiger partial charge in [0.25, 0.3) is 0 Å². The summed E-state index contributed by atoms with van der Waals surface area (Å²) < 4.78 is 33.6. The molecule has 0 aliphatic carbocycles. The maximum atomic E-state index is 12.2. The molecule has 0 aliphatic heterocycles. The number of aromatic hydroxyl groups is 2. The van der Waals surface area contributed by atoms with Crippen LogP contribution in [0.5, 0.6) is 11.5 Å². The molecule has 0 atom stereocenters. The molecule has 2 rings (SSSR count).